The number of aryl methyl sites for hydroxylation is 1. The van der Waals surface area contributed by atoms with Crippen LogP contribution in [0.1, 0.15) is 44.9 Å². The Morgan fingerprint density at radius 2 is 2.22 bits per heavy atom. The SMILES string of the molecule is C[C@@H](C(=O)N(Cc1nccn1C)[C@@H]1CC12CCNCC2)C1CC1. The summed E-state index contributed by atoms with van der Waals surface area (Å²) in [5, 5.41) is 3.45. The Kier molecular flexibility index (Phi) is 3.71. The number of amides is 1. The fourth-order valence-corrected chi connectivity index (χ4v) is 4.33. The van der Waals surface area contributed by atoms with Gasteiger partial charge in [-0.25, -0.2) is 4.98 Å². The molecule has 4 rings (SSSR count). The summed E-state index contributed by atoms with van der Waals surface area (Å²) >= 11 is 0. The number of hydrogen-bond donors (Lipinski definition) is 1. The van der Waals surface area contributed by atoms with Crippen LogP contribution in [0.4, 0.5) is 0 Å². The van der Waals surface area contributed by atoms with E-state index in [0.717, 1.165) is 18.9 Å². The second-order valence-electron chi connectivity index (χ2n) is 7.88. The Morgan fingerprint density at radius 3 is 2.83 bits per heavy atom. The first kappa shape index (κ1) is 15.2. The average Bonchev–Trinajstić information content (AvgIpc) is 3.47. The minimum absolute atomic E-state index is 0.176. The van der Waals surface area contributed by atoms with E-state index in [1.54, 1.807) is 0 Å². The van der Waals surface area contributed by atoms with Crippen LogP contribution in [0.5, 0.6) is 0 Å². The fraction of sp³-hybridized carbons (Fsp3) is 0.778. The summed E-state index contributed by atoms with van der Waals surface area (Å²) in [5.41, 5.74) is 0.384. The largest absolute Gasteiger partial charge is 0.337 e. The van der Waals surface area contributed by atoms with E-state index in [0.29, 0.717) is 29.8 Å². The number of nitrogens with zero attached hydrogens (tertiary/aromatic N) is 3. The van der Waals surface area contributed by atoms with E-state index in [-0.39, 0.29) is 5.92 Å². The van der Waals surface area contributed by atoms with E-state index in [9.17, 15) is 4.79 Å². The number of imidazole rings is 1. The molecule has 0 unspecified atom stereocenters. The summed E-state index contributed by atoms with van der Waals surface area (Å²) in [7, 11) is 2.02. The maximum atomic E-state index is 13.1. The molecule has 2 aliphatic carbocycles. The summed E-state index contributed by atoms with van der Waals surface area (Å²) in [6.45, 7) is 4.99. The number of piperidine rings is 1. The van der Waals surface area contributed by atoms with Crippen molar-refractivity contribution in [3.05, 3.63) is 18.2 Å². The Morgan fingerprint density at radius 1 is 1.48 bits per heavy atom. The van der Waals surface area contributed by atoms with Crippen molar-refractivity contribution >= 4 is 5.91 Å². The van der Waals surface area contributed by atoms with Gasteiger partial charge >= 0.3 is 0 Å². The number of carbonyl (C=O) groups is 1. The summed E-state index contributed by atoms with van der Waals surface area (Å²) < 4.78 is 2.04. The van der Waals surface area contributed by atoms with Crippen LogP contribution in [0.2, 0.25) is 0 Å². The molecule has 1 aromatic heterocycles. The molecule has 1 N–H and O–H groups in total. The lowest BCUT2D eigenvalue weighted by Crippen LogP contribution is -2.42. The average molecular weight is 316 g/mol. The van der Waals surface area contributed by atoms with Gasteiger partial charge in [-0.1, -0.05) is 6.92 Å². The maximum Gasteiger partial charge on any atom is 0.226 e. The lowest BCUT2D eigenvalue weighted by molar-refractivity contribution is -0.137. The van der Waals surface area contributed by atoms with Crippen LogP contribution in [-0.2, 0) is 18.4 Å². The van der Waals surface area contributed by atoms with E-state index < -0.39 is 0 Å². The van der Waals surface area contributed by atoms with Crippen LogP contribution >= 0.6 is 0 Å². The maximum absolute atomic E-state index is 13.1. The van der Waals surface area contributed by atoms with Crippen molar-refractivity contribution in [2.75, 3.05) is 13.1 Å². The lowest BCUT2D eigenvalue weighted by atomic mass is 9.93. The molecule has 2 heterocycles. The van der Waals surface area contributed by atoms with Crippen LogP contribution in [0.25, 0.3) is 0 Å². The van der Waals surface area contributed by atoms with Crippen molar-refractivity contribution in [2.24, 2.45) is 24.3 Å². The van der Waals surface area contributed by atoms with Crippen LogP contribution < -0.4 is 5.32 Å². The zero-order chi connectivity index (χ0) is 16.0. The van der Waals surface area contributed by atoms with Crippen molar-refractivity contribution < 1.29 is 4.79 Å². The number of rotatable bonds is 5. The first-order valence-corrected chi connectivity index (χ1v) is 9.08. The van der Waals surface area contributed by atoms with Crippen molar-refractivity contribution in [1.82, 2.24) is 19.8 Å². The molecule has 0 bridgehead atoms. The Hall–Kier alpha value is -1.36. The molecule has 1 aliphatic heterocycles. The highest BCUT2D eigenvalue weighted by atomic mass is 16.2. The van der Waals surface area contributed by atoms with Crippen molar-refractivity contribution in [2.45, 2.75) is 51.6 Å². The topological polar surface area (TPSA) is 50.2 Å². The van der Waals surface area contributed by atoms with Gasteiger partial charge in [0.15, 0.2) is 0 Å². The molecule has 1 amide bonds. The van der Waals surface area contributed by atoms with Gasteiger partial charge in [0.1, 0.15) is 5.82 Å². The van der Waals surface area contributed by atoms with Crippen LogP contribution in [0, 0.1) is 17.3 Å². The van der Waals surface area contributed by atoms with Gasteiger partial charge in [-0.2, -0.15) is 0 Å². The van der Waals surface area contributed by atoms with Gasteiger partial charge in [0.2, 0.25) is 5.91 Å². The van der Waals surface area contributed by atoms with Gasteiger partial charge in [0, 0.05) is 31.4 Å². The predicted octanol–water partition coefficient (Wildman–Crippen LogP) is 1.94. The Labute approximate surface area is 138 Å². The zero-order valence-corrected chi connectivity index (χ0v) is 14.3. The van der Waals surface area contributed by atoms with Crippen molar-refractivity contribution in [3.63, 3.8) is 0 Å². The first-order chi connectivity index (χ1) is 11.1. The minimum Gasteiger partial charge on any atom is -0.337 e. The molecule has 5 heteroatoms. The van der Waals surface area contributed by atoms with E-state index in [2.05, 4.69) is 22.1 Å². The van der Waals surface area contributed by atoms with Crippen LogP contribution in [0.15, 0.2) is 12.4 Å². The smallest absolute Gasteiger partial charge is 0.226 e. The van der Waals surface area contributed by atoms with Crippen molar-refractivity contribution in [3.8, 4) is 0 Å². The normalized spacial score (nSPS) is 27.0. The second kappa shape index (κ2) is 5.62. The van der Waals surface area contributed by atoms with E-state index >= 15 is 0 Å². The van der Waals surface area contributed by atoms with E-state index in [1.165, 1.54) is 32.1 Å². The number of nitrogens with one attached hydrogen (secondary N) is 1. The molecule has 1 spiro atoms. The van der Waals surface area contributed by atoms with Gasteiger partial charge in [0.05, 0.1) is 6.54 Å². The molecule has 3 aliphatic rings. The summed E-state index contributed by atoms with van der Waals surface area (Å²) in [5.74, 6) is 2.15. The zero-order valence-electron chi connectivity index (χ0n) is 14.3. The molecular weight excluding hydrogens is 288 g/mol. The molecule has 126 valence electrons. The van der Waals surface area contributed by atoms with Crippen LogP contribution in [0.3, 0.4) is 0 Å². The molecule has 2 saturated carbocycles. The highest BCUT2D eigenvalue weighted by Gasteiger charge is 2.58. The monoisotopic (exact) mass is 316 g/mol. The fourth-order valence-electron chi connectivity index (χ4n) is 4.33. The quantitative estimate of drug-likeness (QED) is 0.903. The van der Waals surface area contributed by atoms with Crippen molar-refractivity contribution in [1.29, 1.82) is 0 Å². The Bertz CT molecular complexity index is 586. The highest BCUT2D eigenvalue weighted by molar-refractivity contribution is 5.80. The molecule has 23 heavy (non-hydrogen) atoms. The molecule has 1 saturated heterocycles. The number of aromatic nitrogens is 2. The number of carbonyl (C=O) groups excluding carboxylic acids is 1. The van der Waals surface area contributed by atoms with Gasteiger partial charge in [-0.15, -0.1) is 0 Å². The summed E-state index contributed by atoms with van der Waals surface area (Å²) in [6.07, 6.45) is 9.85. The van der Waals surface area contributed by atoms with E-state index in [4.69, 9.17) is 0 Å². The first-order valence-electron chi connectivity index (χ1n) is 9.08. The van der Waals surface area contributed by atoms with E-state index in [1.807, 2.05) is 24.0 Å². The third-order valence-electron chi connectivity index (χ3n) is 6.36. The molecule has 3 fully saturated rings. The van der Waals surface area contributed by atoms with Gasteiger partial charge < -0.3 is 14.8 Å². The second-order valence-corrected chi connectivity index (χ2v) is 7.88. The number of hydrogen-bond acceptors (Lipinski definition) is 3. The standard InChI is InChI=1S/C18H28N4O/c1-13(14-3-4-14)17(23)22(12-16-20-9-10-21(16)2)15-11-18(15)5-7-19-8-6-18/h9-10,13-15,19H,3-8,11-12H2,1-2H3/t13-,15-/m1/s1. The molecule has 1 aromatic rings. The van der Waals surface area contributed by atoms with Gasteiger partial charge in [0.25, 0.3) is 0 Å². The molecule has 5 nitrogen and oxygen atoms in total. The summed E-state index contributed by atoms with van der Waals surface area (Å²) in [4.78, 5) is 19.8. The molecule has 2 atom stereocenters. The van der Waals surface area contributed by atoms with Gasteiger partial charge in [-0.3, -0.25) is 4.79 Å². The molecule has 0 radical (unpaired) electrons. The predicted molar refractivity (Wildman–Crippen MR) is 88.6 cm³/mol. The van der Waals surface area contributed by atoms with Gasteiger partial charge in [-0.05, 0) is 56.5 Å². The molecule has 0 aromatic carbocycles. The Balaban J connectivity index is 1.54. The minimum atomic E-state index is 0.176. The summed E-state index contributed by atoms with van der Waals surface area (Å²) in [6, 6.07) is 0.426. The third-order valence-corrected chi connectivity index (χ3v) is 6.36. The lowest BCUT2D eigenvalue weighted by Gasteiger charge is -2.31. The highest BCUT2D eigenvalue weighted by Crippen LogP contribution is 2.56. The van der Waals surface area contributed by atoms with Crippen LogP contribution in [-0.4, -0.2) is 39.5 Å². The molecular formula is C18H28N4O. The third kappa shape index (κ3) is 2.80.